The Morgan fingerprint density at radius 3 is 2.00 bits per heavy atom. The van der Waals surface area contributed by atoms with Crippen molar-refractivity contribution >= 4 is 29.6 Å². The molecule has 3 nitrogen and oxygen atoms in total. The molecule has 0 amide bonds. The molecule has 2 N–H and O–H groups in total. The summed E-state index contributed by atoms with van der Waals surface area (Å²) in [5.41, 5.74) is 2.18. The van der Waals surface area contributed by atoms with Gasteiger partial charge in [0.15, 0.2) is 0 Å². The Hall–Kier alpha value is -2.80. The third-order valence-electron chi connectivity index (χ3n) is 6.83. The SMILES string of the molecule is C[C@H](Cc1c[nH]c2ccccc12)NCC(F)(F)CO[Si-](c1ccccc1)(c1ccccc1)C(C)(C)C. The number of hydrogen-bond acceptors (Lipinski definition) is 2. The van der Waals surface area contributed by atoms with Crippen molar-refractivity contribution in [2.45, 2.75) is 51.1 Å². The van der Waals surface area contributed by atoms with Gasteiger partial charge in [0.25, 0.3) is 5.92 Å². The molecule has 36 heavy (non-hydrogen) atoms. The van der Waals surface area contributed by atoms with E-state index in [1.807, 2.05) is 92.0 Å². The van der Waals surface area contributed by atoms with Crippen molar-refractivity contribution in [2.24, 2.45) is 0 Å². The fraction of sp³-hybridized carbons (Fsp3) is 0.333. The first-order valence-electron chi connectivity index (χ1n) is 12.5. The van der Waals surface area contributed by atoms with Crippen LogP contribution >= 0.6 is 0 Å². The van der Waals surface area contributed by atoms with Crippen LogP contribution in [0, 0.1) is 0 Å². The predicted molar refractivity (Wildman–Crippen MR) is 148 cm³/mol. The van der Waals surface area contributed by atoms with Crippen LogP contribution in [0.25, 0.3) is 10.9 Å². The van der Waals surface area contributed by atoms with Gasteiger partial charge < -0.3 is 14.7 Å². The first-order chi connectivity index (χ1) is 17.1. The highest BCUT2D eigenvalue weighted by Crippen LogP contribution is 2.37. The zero-order valence-electron chi connectivity index (χ0n) is 21.5. The number of H-pyrrole nitrogens is 1. The first kappa shape index (κ1) is 26.3. The molecule has 0 bridgehead atoms. The fourth-order valence-electron chi connectivity index (χ4n) is 5.05. The summed E-state index contributed by atoms with van der Waals surface area (Å²) in [5, 5.41) is 5.84. The molecule has 191 valence electrons. The van der Waals surface area contributed by atoms with E-state index >= 15 is 8.78 Å². The van der Waals surface area contributed by atoms with Crippen molar-refractivity contribution in [3.63, 3.8) is 0 Å². The lowest BCUT2D eigenvalue weighted by Crippen LogP contribution is -2.67. The van der Waals surface area contributed by atoms with Crippen molar-refractivity contribution in [3.05, 3.63) is 96.7 Å². The monoisotopic (exact) mass is 506 g/mol. The van der Waals surface area contributed by atoms with E-state index in [-0.39, 0.29) is 11.1 Å². The maximum absolute atomic E-state index is 15.3. The van der Waals surface area contributed by atoms with Gasteiger partial charge in [-0.05, 0) is 25.0 Å². The van der Waals surface area contributed by atoms with Gasteiger partial charge in [0.1, 0.15) is 0 Å². The van der Waals surface area contributed by atoms with Crippen molar-refractivity contribution in [2.75, 3.05) is 13.2 Å². The molecule has 0 spiro atoms. The quantitative estimate of drug-likeness (QED) is 0.263. The predicted octanol–water partition coefficient (Wildman–Crippen LogP) is 5.90. The zero-order valence-corrected chi connectivity index (χ0v) is 22.5. The lowest BCUT2D eigenvalue weighted by atomic mass is 10.1. The van der Waals surface area contributed by atoms with Crippen molar-refractivity contribution in [1.29, 1.82) is 0 Å². The van der Waals surface area contributed by atoms with E-state index in [1.54, 1.807) is 0 Å². The van der Waals surface area contributed by atoms with Crippen LogP contribution < -0.4 is 15.7 Å². The highest BCUT2D eigenvalue weighted by molar-refractivity contribution is 6.99. The van der Waals surface area contributed by atoms with E-state index in [9.17, 15) is 0 Å². The number of nitrogens with one attached hydrogen (secondary N) is 2. The normalized spacial score (nSPS) is 13.7. The number of para-hydroxylation sites is 1. The molecule has 4 aromatic rings. The molecule has 0 saturated heterocycles. The molecule has 0 aliphatic rings. The van der Waals surface area contributed by atoms with E-state index < -0.39 is 27.4 Å². The molecule has 0 aliphatic carbocycles. The van der Waals surface area contributed by atoms with Gasteiger partial charge in [-0.2, -0.15) is 10.4 Å². The van der Waals surface area contributed by atoms with E-state index in [2.05, 4.69) is 37.1 Å². The number of benzene rings is 3. The van der Waals surface area contributed by atoms with Crippen LogP contribution in [0.5, 0.6) is 0 Å². The number of fused-ring (bicyclic) bond motifs is 1. The molecular formula is C30H36F2N2OSi-. The van der Waals surface area contributed by atoms with Gasteiger partial charge in [0.05, 0.1) is 21.5 Å². The Kier molecular flexibility index (Phi) is 7.78. The Morgan fingerprint density at radius 1 is 0.861 bits per heavy atom. The summed E-state index contributed by atoms with van der Waals surface area (Å²) in [7, 11) is -3.01. The molecule has 0 aliphatic heterocycles. The van der Waals surface area contributed by atoms with E-state index in [4.69, 9.17) is 4.43 Å². The maximum Gasteiger partial charge on any atom is 0.279 e. The lowest BCUT2D eigenvalue weighted by Gasteiger charge is -2.56. The number of aromatic amines is 1. The van der Waals surface area contributed by atoms with Gasteiger partial charge in [-0.25, -0.2) is 8.78 Å². The largest absolute Gasteiger partial charge is 0.554 e. The summed E-state index contributed by atoms with van der Waals surface area (Å²) >= 11 is 0. The molecule has 1 atom stereocenters. The standard InChI is InChI=1S/C30H36F2N2OSi/c1-23(19-24-20-33-28-18-12-11-17-27(24)28)34-21-30(31,32)22-35-36(29(2,3)4,25-13-7-5-8-14-25)26-15-9-6-10-16-26/h5-18,20,23,33-34H,19,21-22H2,1-4H3/q-1/t23-/m1/s1. The maximum atomic E-state index is 15.3. The molecule has 0 radical (unpaired) electrons. The summed E-state index contributed by atoms with van der Waals surface area (Å²) < 4.78 is 37.1. The van der Waals surface area contributed by atoms with E-state index in [0.717, 1.165) is 26.8 Å². The number of hydrogen-bond donors (Lipinski definition) is 2. The summed E-state index contributed by atoms with van der Waals surface area (Å²) in [5.74, 6) is -3.01. The van der Waals surface area contributed by atoms with Gasteiger partial charge in [-0.1, -0.05) is 99.6 Å². The molecule has 0 unspecified atom stereocenters. The number of alkyl halides is 2. The van der Waals surface area contributed by atoms with Crippen LogP contribution in [0.2, 0.25) is 5.04 Å². The Bertz CT molecular complexity index is 1210. The molecule has 0 saturated carbocycles. The lowest BCUT2D eigenvalue weighted by molar-refractivity contribution is -0.0433. The van der Waals surface area contributed by atoms with E-state index in [1.165, 1.54) is 0 Å². The summed E-state index contributed by atoms with van der Waals surface area (Å²) in [6.07, 6.45) is 2.63. The Balaban J connectivity index is 1.49. The number of rotatable bonds is 10. The second-order valence-electron chi connectivity index (χ2n) is 10.7. The third-order valence-corrected chi connectivity index (χ3v) is 11.8. The number of aromatic nitrogens is 1. The first-order valence-corrected chi connectivity index (χ1v) is 14.4. The van der Waals surface area contributed by atoms with Crippen LogP contribution in [0.15, 0.2) is 91.1 Å². The smallest absolute Gasteiger partial charge is 0.279 e. The topological polar surface area (TPSA) is 37.0 Å². The third kappa shape index (κ3) is 5.61. The molecule has 1 heterocycles. The van der Waals surface area contributed by atoms with Gasteiger partial charge in [-0.15, -0.1) is 5.04 Å². The second kappa shape index (κ2) is 10.7. The van der Waals surface area contributed by atoms with Crippen LogP contribution in [-0.2, 0) is 10.8 Å². The summed E-state index contributed by atoms with van der Waals surface area (Å²) in [6, 6.07) is 27.8. The number of halogens is 2. The molecule has 6 heteroatoms. The van der Waals surface area contributed by atoms with Crippen molar-refractivity contribution in [1.82, 2.24) is 10.3 Å². The summed E-state index contributed by atoms with van der Waals surface area (Å²) in [4.78, 5) is 3.26. The zero-order chi connectivity index (χ0) is 25.8. The molecule has 4 rings (SSSR count). The average Bonchev–Trinajstić information content (AvgIpc) is 3.26. The Labute approximate surface area is 214 Å². The van der Waals surface area contributed by atoms with Gasteiger partial charge >= 0.3 is 0 Å². The Morgan fingerprint density at radius 2 is 1.42 bits per heavy atom. The highest BCUT2D eigenvalue weighted by Gasteiger charge is 2.40. The minimum absolute atomic E-state index is 0.108. The van der Waals surface area contributed by atoms with E-state index in [0.29, 0.717) is 6.42 Å². The van der Waals surface area contributed by atoms with Crippen LogP contribution in [0.4, 0.5) is 8.78 Å². The second-order valence-corrected chi connectivity index (χ2v) is 15.0. The van der Waals surface area contributed by atoms with Crippen molar-refractivity contribution < 1.29 is 13.2 Å². The van der Waals surface area contributed by atoms with Gasteiger partial charge in [-0.3, -0.25) is 0 Å². The van der Waals surface area contributed by atoms with Crippen LogP contribution in [0.1, 0.15) is 33.3 Å². The fourth-order valence-corrected chi connectivity index (χ4v) is 9.64. The minimum atomic E-state index is -3.01. The van der Waals surface area contributed by atoms with Crippen LogP contribution in [0.3, 0.4) is 0 Å². The molecule has 3 aromatic carbocycles. The summed E-state index contributed by atoms with van der Waals surface area (Å²) in [6.45, 7) is 7.17. The molecule has 0 fully saturated rings. The molecule has 1 aromatic heterocycles. The minimum Gasteiger partial charge on any atom is -0.554 e. The molecular weight excluding hydrogens is 470 g/mol. The van der Waals surface area contributed by atoms with Crippen molar-refractivity contribution in [3.8, 4) is 0 Å². The average molecular weight is 507 g/mol. The van der Waals surface area contributed by atoms with Crippen LogP contribution in [-0.4, -0.2) is 38.4 Å². The highest BCUT2D eigenvalue weighted by atomic mass is 28.4. The van der Waals surface area contributed by atoms with Gasteiger partial charge in [0.2, 0.25) is 0 Å². The van der Waals surface area contributed by atoms with Gasteiger partial charge in [0, 0.05) is 23.1 Å².